The van der Waals surface area contributed by atoms with E-state index in [2.05, 4.69) is 79.6 Å². The fourth-order valence-corrected chi connectivity index (χ4v) is 3.97. The fraction of sp³-hybridized carbons (Fsp3) is 0.273. The molecule has 0 bridgehead atoms. The van der Waals surface area contributed by atoms with Crippen molar-refractivity contribution in [2.24, 2.45) is 5.92 Å². The Morgan fingerprint density at radius 3 is 2.70 bits per heavy atom. The molecule has 0 spiro atoms. The number of H-pyrrole nitrogens is 1. The third-order valence-corrected chi connectivity index (χ3v) is 5.37. The van der Waals surface area contributed by atoms with Gasteiger partial charge in [-0.1, -0.05) is 68.8 Å². The zero-order valence-corrected chi connectivity index (χ0v) is 13.8. The van der Waals surface area contributed by atoms with Gasteiger partial charge in [0, 0.05) is 23.0 Å². The standard InChI is InChI=1S/C22H23N/c1-3-15(2)22(19-13-12-16-8-4-5-9-17(16)19)20-14-23-21-11-7-6-10-18(20)21/h4-11,13-15,22-23H,3,12H2,1-2H3. The molecule has 1 nitrogen and oxygen atoms in total. The van der Waals surface area contributed by atoms with Gasteiger partial charge in [0.2, 0.25) is 0 Å². The van der Waals surface area contributed by atoms with Crippen LogP contribution >= 0.6 is 0 Å². The Hall–Kier alpha value is -2.28. The Morgan fingerprint density at radius 2 is 1.83 bits per heavy atom. The zero-order chi connectivity index (χ0) is 15.8. The van der Waals surface area contributed by atoms with E-state index in [1.54, 1.807) is 0 Å². The molecule has 0 amide bonds. The monoisotopic (exact) mass is 301 g/mol. The highest BCUT2D eigenvalue weighted by Gasteiger charge is 2.28. The first kappa shape index (κ1) is 14.3. The third kappa shape index (κ3) is 2.31. The van der Waals surface area contributed by atoms with Gasteiger partial charge >= 0.3 is 0 Å². The normalized spacial score (nSPS) is 16.2. The molecule has 2 atom stereocenters. The lowest BCUT2D eigenvalue weighted by atomic mass is 9.78. The second kappa shape index (κ2) is 5.73. The quantitative estimate of drug-likeness (QED) is 0.614. The molecule has 0 saturated carbocycles. The van der Waals surface area contributed by atoms with Crippen LogP contribution in [0.2, 0.25) is 0 Å². The van der Waals surface area contributed by atoms with E-state index in [1.165, 1.54) is 39.6 Å². The van der Waals surface area contributed by atoms with Gasteiger partial charge in [-0.15, -0.1) is 0 Å². The first-order valence-corrected chi connectivity index (χ1v) is 8.64. The smallest absolute Gasteiger partial charge is 0.0457 e. The SMILES string of the molecule is CCC(C)C(C1=CCc2ccccc21)c1c[nH]c2ccccc12. The minimum atomic E-state index is 0.458. The molecule has 4 rings (SSSR count). The molecule has 116 valence electrons. The largest absolute Gasteiger partial charge is 0.361 e. The summed E-state index contributed by atoms with van der Waals surface area (Å²) in [7, 11) is 0. The van der Waals surface area contributed by atoms with E-state index in [0.717, 1.165) is 6.42 Å². The van der Waals surface area contributed by atoms with Gasteiger partial charge in [-0.3, -0.25) is 0 Å². The number of rotatable bonds is 4. The van der Waals surface area contributed by atoms with E-state index in [1.807, 2.05) is 0 Å². The Bertz CT molecular complexity index is 868. The zero-order valence-electron chi connectivity index (χ0n) is 13.8. The highest BCUT2D eigenvalue weighted by atomic mass is 14.7. The lowest BCUT2D eigenvalue weighted by molar-refractivity contribution is 0.519. The Balaban J connectivity index is 1.87. The van der Waals surface area contributed by atoms with Crippen molar-refractivity contribution in [1.29, 1.82) is 0 Å². The van der Waals surface area contributed by atoms with Crippen LogP contribution in [-0.4, -0.2) is 4.98 Å². The van der Waals surface area contributed by atoms with Gasteiger partial charge in [0.25, 0.3) is 0 Å². The number of hydrogen-bond acceptors (Lipinski definition) is 0. The molecule has 1 aliphatic rings. The molecule has 1 heteroatoms. The topological polar surface area (TPSA) is 15.8 Å². The molecule has 0 fully saturated rings. The minimum Gasteiger partial charge on any atom is -0.361 e. The second-order valence-electron chi connectivity index (χ2n) is 6.67. The molecule has 3 aromatic rings. The maximum Gasteiger partial charge on any atom is 0.0457 e. The van der Waals surface area contributed by atoms with Gasteiger partial charge in [-0.05, 0) is 40.7 Å². The van der Waals surface area contributed by atoms with E-state index >= 15 is 0 Å². The summed E-state index contributed by atoms with van der Waals surface area (Å²) < 4.78 is 0. The molecule has 1 N–H and O–H groups in total. The fourth-order valence-electron chi connectivity index (χ4n) is 3.97. The summed E-state index contributed by atoms with van der Waals surface area (Å²) in [5.41, 5.74) is 7.11. The van der Waals surface area contributed by atoms with Crippen molar-refractivity contribution in [2.45, 2.75) is 32.6 Å². The van der Waals surface area contributed by atoms with E-state index < -0.39 is 0 Å². The van der Waals surface area contributed by atoms with Crippen molar-refractivity contribution < 1.29 is 0 Å². The van der Waals surface area contributed by atoms with E-state index in [4.69, 9.17) is 0 Å². The predicted octanol–water partition coefficient (Wildman–Crippen LogP) is 5.94. The summed E-state index contributed by atoms with van der Waals surface area (Å²) in [6.07, 6.45) is 6.93. The van der Waals surface area contributed by atoms with Crippen molar-refractivity contribution in [1.82, 2.24) is 4.98 Å². The Kier molecular flexibility index (Phi) is 3.57. The van der Waals surface area contributed by atoms with Crippen LogP contribution in [0, 0.1) is 5.92 Å². The molecule has 2 unspecified atom stereocenters. The van der Waals surface area contributed by atoms with E-state index in [-0.39, 0.29) is 0 Å². The summed E-state index contributed by atoms with van der Waals surface area (Å²) in [5, 5.41) is 1.36. The number of allylic oxidation sites excluding steroid dienone is 2. The Labute approximate surface area is 138 Å². The van der Waals surface area contributed by atoms with Crippen LogP contribution in [0.25, 0.3) is 16.5 Å². The van der Waals surface area contributed by atoms with Gasteiger partial charge in [-0.25, -0.2) is 0 Å². The summed E-state index contributed by atoms with van der Waals surface area (Å²) in [6.45, 7) is 4.68. The molecule has 1 heterocycles. The molecular formula is C22H23N. The van der Waals surface area contributed by atoms with Crippen molar-refractivity contribution in [3.63, 3.8) is 0 Å². The van der Waals surface area contributed by atoms with Gasteiger partial charge in [0.05, 0.1) is 0 Å². The average molecular weight is 301 g/mol. The number of nitrogens with one attached hydrogen (secondary N) is 1. The van der Waals surface area contributed by atoms with Gasteiger partial charge in [-0.2, -0.15) is 0 Å². The number of benzene rings is 2. The van der Waals surface area contributed by atoms with Crippen LogP contribution in [0.15, 0.2) is 60.8 Å². The summed E-state index contributed by atoms with van der Waals surface area (Å²) in [4.78, 5) is 3.47. The van der Waals surface area contributed by atoms with Crippen molar-refractivity contribution in [3.8, 4) is 0 Å². The highest BCUT2D eigenvalue weighted by molar-refractivity contribution is 5.88. The number of hydrogen-bond donors (Lipinski definition) is 1. The predicted molar refractivity (Wildman–Crippen MR) is 98.6 cm³/mol. The lowest BCUT2D eigenvalue weighted by Crippen LogP contribution is -2.10. The van der Waals surface area contributed by atoms with E-state index in [9.17, 15) is 0 Å². The van der Waals surface area contributed by atoms with Crippen LogP contribution in [0.1, 0.15) is 42.9 Å². The third-order valence-electron chi connectivity index (χ3n) is 5.37. The number of aromatic amines is 1. The molecular weight excluding hydrogens is 278 g/mol. The summed E-state index contributed by atoms with van der Waals surface area (Å²) in [6, 6.07) is 17.5. The lowest BCUT2D eigenvalue weighted by Gasteiger charge is -2.25. The van der Waals surface area contributed by atoms with Crippen molar-refractivity contribution >= 4 is 16.5 Å². The molecule has 0 saturated heterocycles. The first-order chi connectivity index (χ1) is 11.3. The van der Waals surface area contributed by atoms with Gasteiger partial charge in [0.15, 0.2) is 0 Å². The summed E-state index contributed by atoms with van der Waals surface area (Å²) in [5.74, 6) is 1.08. The Morgan fingerprint density at radius 1 is 1.04 bits per heavy atom. The number of para-hydroxylation sites is 1. The van der Waals surface area contributed by atoms with Gasteiger partial charge in [0.1, 0.15) is 0 Å². The first-order valence-electron chi connectivity index (χ1n) is 8.64. The molecule has 1 aromatic heterocycles. The summed E-state index contributed by atoms with van der Waals surface area (Å²) >= 11 is 0. The van der Waals surface area contributed by atoms with E-state index in [0.29, 0.717) is 11.8 Å². The maximum absolute atomic E-state index is 3.47. The second-order valence-corrected chi connectivity index (χ2v) is 6.67. The minimum absolute atomic E-state index is 0.458. The van der Waals surface area contributed by atoms with Crippen LogP contribution in [0.3, 0.4) is 0 Å². The van der Waals surface area contributed by atoms with Crippen molar-refractivity contribution in [3.05, 3.63) is 77.5 Å². The maximum atomic E-state index is 3.47. The van der Waals surface area contributed by atoms with Crippen LogP contribution in [0.4, 0.5) is 0 Å². The molecule has 0 aliphatic heterocycles. The van der Waals surface area contributed by atoms with Crippen LogP contribution in [-0.2, 0) is 6.42 Å². The van der Waals surface area contributed by atoms with Crippen LogP contribution in [0.5, 0.6) is 0 Å². The van der Waals surface area contributed by atoms with Gasteiger partial charge < -0.3 is 4.98 Å². The van der Waals surface area contributed by atoms with Crippen molar-refractivity contribution in [2.75, 3.05) is 0 Å². The molecule has 1 aliphatic carbocycles. The molecule has 23 heavy (non-hydrogen) atoms. The number of fused-ring (bicyclic) bond motifs is 2. The molecule has 2 aromatic carbocycles. The average Bonchev–Trinajstić information content (AvgIpc) is 3.20. The highest BCUT2D eigenvalue weighted by Crippen LogP contribution is 2.45. The van der Waals surface area contributed by atoms with Crippen LogP contribution < -0.4 is 0 Å². The molecule has 0 radical (unpaired) electrons. The number of aromatic nitrogens is 1.